The van der Waals surface area contributed by atoms with Gasteiger partial charge in [0.05, 0.1) is 0 Å². The van der Waals surface area contributed by atoms with Crippen molar-refractivity contribution in [1.29, 1.82) is 0 Å². The molecule has 1 unspecified atom stereocenters. The fourth-order valence-corrected chi connectivity index (χ4v) is 4.41. The number of halogens is 5. The summed E-state index contributed by atoms with van der Waals surface area (Å²) in [5, 5.41) is 9.81. The molecule has 0 bridgehead atoms. The van der Waals surface area contributed by atoms with E-state index in [9.17, 15) is 40.3 Å². The maximum absolute atomic E-state index is 14.1. The second-order valence-corrected chi connectivity index (χ2v) is 8.30. The second kappa shape index (κ2) is 8.07. The van der Waals surface area contributed by atoms with Crippen molar-refractivity contribution in [3.8, 4) is 0 Å². The van der Waals surface area contributed by atoms with E-state index in [4.69, 9.17) is 0 Å². The standard InChI is InChI=1S/C18H16F5NO4S/c1-9(2)8-18(17(25)26,10-6-4-3-5-7-10)24-29(27,28)16-14(22)12(20)11(19)13(21)15(16)23/h3-7,9,24H,8H2,1-2H3,(H,25,26). The van der Waals surface area contributed by atoms with E-state index in [2.05, 4.69) is 0 Å². The van der Waals surface area contributed by atoms with Gasteiger partial charge in [-0.3, -0.25) is 0 Å². The summed E-state index contributed by atoms with van der Waals surface area (Å²) >= 11 is 0. The Morgan fingerprint density at radius 1 is 0.966 bits per heavy atom. The third-order valence-corrected chi connectivity index (χ3v) is 5.61. The van der Waals surface area contributed by atoms with Crippen molar-refractivity contribution in [2.24, 2.45) is 5.92 Å². The second-order valence-electron chi connectivity index (χ2n) is 6.68. The smallest absolute Gasteiger partial charge is 0.329 e. The summed E-state index contributed by atoms with van der Waals surface area (Å²) in [6, 6.07) is 6.85. The first-order valence-corrected chi connectivity index (χ1v) is 9.67. The lowest BCUT2D eigenvalue weighted by Gasteiger charge is -2.32. The van der Waals surface area contributed by atoms with Gasteiger partial charge in [0.15, 0.2) is 33.7 Å². The summed E-state index contributed by atoms with van der Waals surface area (Å²) in [6.45, 7) is 3.13. The number of carbonyl (C=O) groups is 1. The van der Waals surface area contributed by atoms with E-state index in [1.54, 1.807) is 18.6 Å². The van der Waals surface area contributed by atoms with Crippen LogP contribution in [0, 0.1) is 35.0 Å². The monoisotopic (exact) mass is 437 g/mol. The predicted molar refractivity (Wildman–Crippen MR) is 91.8 cm³/mol. The van der Waals surface area contributed by atoms with Gasteiger partial charge < -0.3 is 5.11 Å². The lowest BCUT2D eigenvalue weighted by Crippen LogP contribution is -2.52. The number of hydrogen-bond acceptors (Lipinski definition) is 3. The van der Waals surface area contributed by atoms with E-state index in [1.807, 2.05) is 0 Å². The molecule has 0 saturated carbocycles. The third kappa shape index (κ3) is 4.10. The minimum Gasteiger partial charge on any atom is -0.480 e. The van der Waals surface area contributed by atoms with E-state index >= 15 is 0 Å². The third-order valence-electron chi connectivity index (χ3n) is 4.09. The van der Waals surface area contributed by atoms with Gasteiger partial charge in [-0.2, -0.15) is 4.72 Å². The molecule has 0 fully saturated rings. The van der Waals surface area contributed by atoms with Crippen LogP contribution in [0.2, 0.25) is 0 Å². The van der Waals surface area contributed by atoms with E-state index < -0.39 is 61.4 Å². The van der Waals surface area contributed by atoms with Crippen LogP contribution in [-0.4, -0.2) is 19.5 Å². The molecule has 0 aliphatic carbocycles. The van der Waals surface area contributed by atoms with E-state index in [0.717, 1.165) is 0 Å². The molecule has 0 aromatic heterocycles. The van der Waals surface area contributed by atoms with Gasteiger partial charge >= 0.3 is 5.97 Å². The maximum Gasteiger partial charge on any atom is 0.329 e. The summed E-state index contributed by atoms with van der Waals surface area (Å²) in [6.07, 6.45) is -0.374. The molecule has 5 nitrogen and oxygen atoms in total. The predicted octanol–water partition coefficient (Wildman–Crippen LogP) is 3.69. The molecule has 0 amide bonds. The quantitative estimate of drug-likeness (QED) is 0.393. The molecule has 0 saturated heterocycles. The number of carboxylic acid groups (broad SMARTS) is 1. The molecule has 0 aliphatic rings. The average Bonchev–Trinajstić information content (AvgIpc) is 2.64. The SMILES string of the molecule is CC(C)CC(NS(=O)(=O)c1c(F)c(F)c(F)c(F)c1F)(C(=O)O)c1ccccc1. The molecule has 29 heavy (non-hydrogen) atoms. The molecule has 2 N–H and O–H groups in total. The Morgan fingerprint density at radius 2 is 1.41 bits per heavy atom. The van der Waals surface area contributed by atoms with Crippen LogP contribution in [0.15, 0.2) is 35.2 Å². The van der Waals surface area contributed by atoms with Crippen LogP contribution in [0.5, 0.6) is 0 Å². The van der Waals surface area contributed by atoms with Crippen molar-refractivity contribution in [2.45, 2.75) is 30.7 Å². The summed E-state index contributed by atoms with van der Waals surface area (Å²) in [5.41, 5.74) is -2.51. The van der Waals surface area contributed by atoms with Crippen LogP contribution in [0.4, 0.5) is 22.0 Å². The molecule has 2 rings (SSSR count). The Bertz CT molecular complexity index is 1010. The van der Waals surface area contributed by atoms with Crippen molar-refractivity contribution < 1.29 is 40.3 Å². The Hall–Kier alpha value is -2.53. The fourth-order valence-electron chi connectivity index (χ4n) is 2.91. The highest BCUT2D eigenvalue weighted by Crippen LogP contribution is 2.33. The number of sulfonamides is 1. The van der Waals surface area contributed by atoms with Gasteiger partial charge in [0.2, 0.25) is 15.8 Å². The minimum atomic E-state index is -5.51. The van der Waals surface area contributed by atoms with Crippen LogP contribution < -0.4 is 4.72 Å². The molecular formula is C18H16F5NO4S. The first-order chi connectivity index (χ1) is 13.3. The Morgan fingerprint density at radius 3 is 1.83 bits per heavy atom. The van der Waals surface area contributed by atoms with Crippen LogP contribution >= 0.6 is 0 Å². The minimum absolute atomic E-state index is 0.0892. The molecule has 0 radical (unpaired) electrons. The zero-order valence-electron chi connectivity index (χ0n) is 15.1. The van der Waals surface area contributed by atoms with E-state index in [1.165, 1.54) is 30.3 Å². The van der Waals surface area contributed by atoms with Gasteiger partial charge in [-0.15, -0.1) is 0 Å². The summed E-state index contributed by atoms with van der Waals surface area (Å²) in [5.74, 6) is -14.8. The van der Waals surface area contributed by atoms with E-state index in [0.29, 0.717) is 0 Å². The van der Waals surface area contributed by atoms with Crippen molar-refractivity contribution in [3.05, 3.63) is 65.0 Å². The van der Waals surface area contributed by atoms with Crippen molar-refractivity contribution in [3.63, 3.8) is 0 Å². The molecule has 0 spiro atoms. The Labute approximate surface area is 163 Å². The Kier molecular flexibility index (Phi) is 6.33. The number of nitrogens with one attached hydrogen (secondary N) is 1. The molecule has 11 heteroatoms. The molecule has 158 valence electrons. The van der Waals surface area contributed by atoms with Gasteiger partial charge in [0.1, 0.15) is 0 Å². The van der Waals surface area contributed by atoms with Crippen LogP contribution in [0.3, 0.4) is 0 Å². The molecule has 0 aliphatic heterocycles. The molecule has 1 atom stereocenters. The zero-order chi connectivity index (χ0) is 22.1. The number of carboxylic acids is 1. The first kappa shape index (κ1) is 22.8. The molecule has 0 heterocycles. The van der Waals surface area contributed by atoms with Gasteiger partial charge in [0, 0.05) is 0 Å². The fraction of sp³-hybridized carbons (Fsp3) is 0.278. The highest BCUT2D eigenvalue weighted by atomic mass is 32.2. The van der Waals surface area contributed by atoms with E-state index in [-0.39, 0.29) is 12.0 Å². The first-order valence-electron chi connectivity index (χ1n) is 8.19. The normalized spacial score (nSPS) is 14.1. The number of hydrogen-bond donors (Lipinski definition) is 2. The lowest BCUT2D eigenvalue weighted by molar-refractivity contribution is -0.145. The number of benzene rings is 2. The molecule has 2 aromatic rings. The summed E-state index contributed by atoms with van der Waals surface area (Å²) in [4.78, 5) is 9.95. The van der Waals surface area contributed by atoms with Crippen LogP contribution in [0.25, 0.3) is 0 Å². The van der Waals surface area contributed by atoms with Crippen LogP contribution in [0.1, 0.15) is 25.8 Å². The van der Waals surface area contributed by atoms with Crippen molar-refractivity contribution >= 4 is 16.0 Å². The largest absolute Gasteiger partial charge is 0.480 e. The summed E-state index contributed by atoms with van der Waals surface area (Å²) < 4.78 is 95.3. The summed E-state index contributed by atoms with van der Waals surface area (Å²) in [7, 11) is -5.51. The lowest BCUT2D eigenvalue weighted by atomic mass is 9.83. The van der Waals surface area contributed by atoms with Crippen molar-refractivity contribution in [2.75, 3.05) is 0 Å². The zero-order valence-corrected chi connectivity index (χ0v) is 16.0. The maximum atomic E-state index is 14.1. The van der Waals surface area contributed by atoms with Gasteiger partial charge in [0.25, 0.3) is 0 Å². The van der Waals surface area contributed by atoms with Gasteiger partial charge in [-0.25, -0.2) is 35.2 Å². The van der Waals surface area contributed by atoms with Gasteiger partial charge in [-0.05, 0) is 17.9 Å². The molecule has 2 aromatic carbocycles. The highest BCUT2D eigenvalue weighted by molar-refractivity contribution is 7.89. The average molecular weight is 437 g/mol. The number of aliphatic carboxylic acids is 1. The highest BCUT2D eigenvalue weighted by Gasteiger charge is 2.46. The molecular weight excluding hydrogens is 421 g/mol. The Balaban J connectivity index is 2.76. The van der Waals surface area contributed by atoms with Crippen LogP contribution in [-0.2, 0) is 20.4 Å². The topological polar surface area (TPSA) is 83.5 Å². The number of rotatable bonds is 7. The van der Waals surface area contributed by atoms with Gasteiger partial charge in [-0.1, -0.05) is 44.2 Å². The van der Waals surface area contributed by atoms with Crippen molar-refractivity contribution in [1.82, 2.24) is 4.72 Å².